The van der Waals surface area contributed by atoms with E-state index in [1.807, 2.05) is 0 Å². The quantitative estimate of drug-likeness (QED) is 0.237. The lowest BCUT2D eigenvalue weighted by Gasteiger charge is -2.09. The maximum atomic E-state index is 14.4. The zero-order valence-corrected chi connectivity index (χ0v) is 19.8. The lowest BCUT2D eigenvalue weighted by atomic mass is 10.0. The minimum atomic E-state index is -4.78. The van der Waals surface area contributed by atoms with Gasteiger partial charge in [0.05, 0.1) is 5.69 Å². The highest BCUT2D eigenvalue weighted by Gasteiger charge is 2.31. The number of carbonyl (C=O) groups excluding carboxylic acids is 1. The molecule has 0 aliphatic heterocycles. The van der Waals surface area contributed by atoms with Crippen LogP contribution in [0, 0.1) is 11.6 Å². The van der Waals surface area contributed by atoms with E-state index in [4.69, 9.17) is 0 Å². The van der Waals surface area contributed by atoms with E-state index in [0.29, 0.717) is 22.8 Å². The second-order valence-corrected chi connectivity index (χ2v) is 8.26. The number of anilines is 1. The average molecular weight is 536 g/mol. The molecule has 0 fully saturated rings. The Bertz CT molecular complexity index is 1630. The highest BCUT2D eigenvalue weighted by molar-refractivity contribution is 6.05. The SMILES string of the molecule is O=C(Nc1ccc(-c2ncn(-c3ccc(OC(F)(F)F)cc3)n2)cc1)c1ccc(F)c(-c2ccccc2F)c1. The van der Waals surface area contributed by atoms with Crippen LogP contribution in [0.5, 0.6) is 5.75 Å². The molecule has 1 heterocycles. The second kappa shape index (κ2) is 10.4. The molecule has 0 saturated heterocycles. The van der Waals surface area contributed by atoms with E-state index >= 15 is 0 Å². The van der Waals surface area contributed by atoms with Gasteiger partial charge < -0.3 is 10.1 Å². The van der Waals surface area contributed by atoms with Crippen molar-refractivity contribution in [2.24, 2.45) is 0 Å². The lowest BCUT2D eigenvalue weighted by Crippen LogP contribution is -2.17. The van der Waals surface area contributed by atoms with Crippen LogP contribution in [0.25, 0.3) is 28.2 Å². The van der Waals surface area contributed by atoms with Crippen molar-refractivity contribution in [3.8, 4) is 34.0 Å². The number of rotatable bonds is 6. The molecule has 39 heavy (non-hydrogen) atoms. The van der Waals surface area contributed by atoms with Crippen LogP contribution >= 0.6 is 0 Å². The molecular weight excluding hydrogens is 519 g/mol. The van der Waals surface area contributed by atoms with Gasteiger partial charge in [0.25, 0.3) is 5.91 Å². The Hall–Kier alpha value is -5.06. The number of alkyl halides is 3. The van der Waals surface area contributed by atoms with Crippen molar-refractivity contribution in [2.75, 3.05) is 5.32 Å². The molecule has 6 nitrogen and oxygen atoms in total. The van der Waals surface area contributed by atoms with Crippen LogP contribution in [0.3, 0.4) is 0 Å². The molecule has 5 aromatic rings. The van der Waals surface area contributed by atoms with Gasteiger partial charge >= 0.3 is 6.36 Å². The van der Waals surface area contributed by atoms with Crippen molar-refractivity contribution in [3.63, 3.8) is 0 Å². The van der Waals surface area contributed by atoms with Crippen molar-refractivity contribution < 1.29 is 31.5 Å². The third-order valence-corrected chi connectivity index (χ3v) is 5.62. The Labute approximate surface area is 218 Å². The maximum absolute atomic E-state index is 14.4. The normalized spacial score (nSPS) is 11.3. The Balaban J connectivity index is 1.28. The molecule has 1 N–H and O–H groups in total. The first-order chi connectivity index (χ1) is 18.7. The second-order valence-electron chi connectivity index (χ2n) is 8.26. The first-order valence-electron chi connectivity index (χ1n) is 11.4. The van der Waals surface area contributed by atoms with Crippen molar-refractivity contribution in [2.45, 2.75) is 6.36 Å². The van der Waals surface area contributed by atoms with Gasteiger partial charge in [-0.2, -0.15) is 0 Å². The van der Waals surface area contributed by atoms with Gasteiger partial charge in [0.15, 0.2) is 5.82 Å². The fourth-order valence-corrected chi connectivity index (χ4v) is 3.78. The molecule has 0 aliphatic rings. The molecule has 0 saturated carbocycles. The predicted molar refractivity (Wildman–Crippen MR) is 133 cm³/mol. The number of carbonyl (C=O) groups is 1. The monoisotopic (exact) mass is 536 g/mol. The molecule has 0 atom stereocenters. The lowest BCUT2D eigenvalue weighted by molar-refractivity contribution is -0.274. The maximum Gasteiger partial charge on any atom is 0.573 e. The zero-order valence-electron chi connectivity index (χ0n) is 19.8. The number of ether oxygens (including phenoxy) is 1. The van der Waals surface area contributed by atoms with Crippen LogP contribution in [0.2, 0.25) is 0 Å². The van der Waals surface area contributed by atoms with Gasteiger partial charge in [-0.1, -0.05) is 18.2 Å². The average Bonchev–Trinajstić information content (AvgIpc) is 3.40. The molecule has 0 aliphatic carbocycles. The topological polar surface area (TPSA) is 69.0 Å². The summed E-state index contributed by atoms with van der Waals surface area (Å²) in [6, 6.07) is 21.2. The van der Waals surface area contributed by atoms with Crippen molar-refractivity contribution in [1.29, 1.82) is 0 Å². The predicted octanol–water partition coefficient (Wildman–Crippen LogP) is 7.03. The minimum absolute atomic E-state index is 0.0275. The minimum Gasteiger partial charge on any atom is -0.406 e. The van der Waals surface area contributed by atoms with E-state index < -0.39 is 23.9 Å². The fourth-order valence-electron chi connectivity index (χ4n) is 3.78. The summed E-state index contributed by atoms with van der Waals surface area (Å²) in [4.78, 5) is 17.0. The summed E-state index contributed by atoms with van der Waals surface area (Å²) in [5.41, 5.74) is 1.70. The van der Waals surface area contributed by atoms with E-state index in [-0.39, 0.29) is 22.4 Å². The number of hydrogen-bond donors (Lipinski definition) is 1. The first-order valence-corrected chi connectivity index (χ1v) is 11.4. The molecule has 0 unspecified atom stereocenters. The van der Waals surface area contributed by atoms with Crippen LogP contribution in [0.15, 0.2) is 97.3 Å². The van der Waals surface area contributed by atoms with Crippen molar-refractivity contribution in [3.05, 3.63) is 115 Å². The van der Waals surface area contributed by atoms with Gasteiger partial charge in [-0.25, -0.2) is 18.4 Å². The van der Waals surface area contributed by atoms with Crippen LogP contribution in [0.4, 0.5) is 27.6 Å². The standard InChI is InChI=1S/C28H17F5N4O2/c29-24-4-2-1-3-22(24)23-15-18(7-14-25(23)30)27(38)35-19-8-5-17(6-9-19)26-34-16-37(36-26)20-10-12-21(13-11-20)39-28(31,32)33/h1-16H,(H,35,38). The van der Waals surface area contributed by atoms with Crippen molar-refractivity contribution >= 4 is 11.6 Å². The third-order valence-electron chi connectivity index (χ3n) is 5.62. The van der Waals surface area contributed by atoms with Gasteiger partial charge in [0, 0.05) is 27.9 Å². The van der Waals surface area contributed by atoms with Crippen LogP contribution in [-0.4, -0.2) is 27.0 Å². The molecule has 5 rings (SSSR count). The molecule has 0 spiro atoms. The summed E-state index contributed by atoms with van der Waals surface area (Å²) in [6.45, 7) is 0. The van der Waals surface area contributed by atoms with E-state index in [2.05, 4.69) is 20.1 Å². The number of amides is 1. The Morgan fingerprint density at radius 3 is 2.21 bits per heavy atom. The van der Waals surface area contributed by atoms with Gasteiger partial charge in [0.1, 0.15) is 23.7 Å². The van der Waals surface area contributed by atoms with Gasteiger partial charge in [0.2, 0.25) is 0 Å². The van der Waals surface area contributed by atoms with E-state index in [1.54, 1.807) is 30.3 Å². The smallest absolute Gasteiger partial charge is 0.406 e. The number of nitrogens with zero attached hydrogens (tertiary/aromatic N) is 3. The van der Waals surface area contributed by atoms with Crippen molar-refractivity contribution in [1.82, 2.24) is 14.8 Å². The number of nitrogens with one attached hydrogen (secondary N) is 1. The Morgan fingerprint density at radius 1 is 0.821 bits per heavy atom. The molecule has 196 valence electrons. The summed E-state index contributed by atoms with van der Waals surface area (Å²) >= 11 is 0. The molecule has 1 amide bonds. The summed E-state index contributed by atoms with van der Waals surface area (Å²) in [6.07, 6.45) is -3.37. The molecule has 1 aromatic heterocycles. The molecule has 11 heteroatoms. The summed E-state index contributed by atoms with van der Waals surface area (Å²) in [5, 5.41) is 7.05. The van der Waals surface area contributed by atoms with Crippen LogP contribution in [-0.2, 0) is 0 Å². The fraction of sp³-hybridized carbons (Fsp3) is 0.0357. The van der Waals surface area contributed by atoms with Gasteiger partial charge in [-0.05, 0) is 72.8 Å². The van der Waals surface area contributed by atoms with E-state index in [1.165, 1.54) is 65.6 Å². The number of halogens is 5. The highest BCUT2D eigenvalue weighted by Crippen LogP contribution is 2.28. The summed E-state index contributed by atoms with van der Waals surface area (Å²) in [5.74, 6) is -1.78. The zero-order chi connectivity index (χ0) is 27.6. The van der Waals surface area contributed by atoms with E-state index in [0.717, 1.165) is 6.07 Å². The van der Waals surface area contributed by atoms with Gasteiger partial charge in [-0.15, -0.1) is 18.3 Å². The summed E-state index contributed by atoms with van der Waals surface area (Å²) in [7, 11) is 0. The first kappa shape index (κ1) is 25.6. The summed E-state index contributed by atoms with van der Waals surface area (Å²) < 4.78 is 70.8. The van der Waals surface area contributed by atoms with Crippen LogP contribution < -0.4 is 10.1 Å². The number of hydrogen-bond acceptors (Lipinski definition) is 4. The van der Waals surface area contributed by atoms with E-state index in [9.17, 15) is 26.7 Å². The molecule has 4 aromatic carbocycles. The third kappa shape index (κ3) is 5.93. The number of aromatic nitrogens is 3. The van der Waals surface area contributed by atoms with Gasteiger partial charge in [-0.3, -0.25) is 4.79 Å². The highest BCUT2D eigenvalue weighted by atomic mass is 19.4. The largest absolute Gasteiger partial charge is 0.573 e. The van der Waals surface area contributed by atoms with Crippen LogP contribution in [0.1, 0.15) is 10.4 Å². The Kier molecular flexibility index (Phi) is 6.80. The number of benzene rings is 4. The Morgan fingerprint density at radius 2 is 1.51 bits per heavy atom. The molecular formula is C28H17F5N4O2. The molecule has 0 bridgehead atoms. The molecule has 0 radical (unpaired) electrons.